The van der Waals surface area contributed by atoms with Crippen LogP contribution in [0, 0.1) is 20.8 Å². The molecule has 3 heteroatoms. The van der Waals surface area contributed by atoms with Gasteiger partial charge in [-0.1, -0.05) is 187 Å². The monoisotopic (exact) mass is 877 g/mol. The number of aromatic nitrogens is 1. The first kappa shape index (κ1) is 42.0. The van der Waals surface area contributed by atoms with Gasteiger partial charge in [0.2, 0.25) is 0 Å². The van der Waals surface area contributed by atoms with Crippen molar-refractivity contribution in [3.05, 3.63) is 204 Å². The summed E-state index contributed by atoms with van der Waals surface area (Å²) in [5.41, 5.74) is 25.6. The van der Waals surface area contributed by atoms with Crippen molar-refractivity contribution in [2.75, 3.05) is 0 Å². The molecule has 0 aliphatic carbocycles. The zero-order chi connectivity index (χ0) is 46.8. The summed E-state index contributed by atoms with van der Waals surface area (Å²) in [6.45, 7) is 20.6. The zero-order valence-electron chi connectivity index (χ0n) is 40.7. The molecule has 10 aromatic rings. The predicted molar refractivity (Wildman–Crippen MR) is 291 cm³/mol. The fourth-order valence-electron chi connectivity index (χ4n) is 11.6. The molecule has 1 aromatic heterocycles. The van der Waals surface area contributed by atoms with Crippen LogP contribution in [0.25, 0.3) is 83.1 Å². The van der Waals surface area contributed by atoms with Gasteiger partial charge in [0.05, 0.1) is 5.52 Å². The standard InChI is InChI=1S/C65H56BNO/c1-39-30-40(2)60(41(3)31-39)45-34-58-61-59(35-45)68-63-54(51-27-19-18-25-49(51)43-22-14-11-15-23-43)32-44(50-26-17-16-24-48(50)42-20-12-10-13-21-42)33-56(63)66(61)55-38-47(65(7,8)9)37-53-52-36-46(64(4,5)6)28-29-57(52)67(58)62(53)55/h10-38H,1-9H3. The first-order chi connectivity index (χ1) is 32.7. The van der Waals surface area contributed by atoms with Crippen molar-refractivity contribution in [3.8, 4) is 72.8 Å². The molecule has 2 aliphatic rings. The second kappa shape index (κ2) is 15.3. The summed E-state index contributed by atoms with van der Waals surface area (Å²) in [6, 6.07) is 66.0. The van der Waals surface area contributed by atoms with E-state index in [0.29, 0.717) is 0 Å². The molecule has 9 aromatic carbocycles. The summed E-state index contributed by atoms with van der Waals surface area (Å²) < 4.78 is 10.3. The Morgan fingerprint density at radius 2 is 1.00 bits per heavy atom. The summed E-state index contributed by atoms with van der Waals surface area (Å²) >= 11 is 0. The van der Waals surface area contributed by atoms with Gasteiger partial charge in [0.25, 0.3) is 6.71 Å². The normalized spacial score (nSPS) is 12.9. The fraction of sp³-hybridized carbons (Fsp3) is 0.169. The van der Waals surface area contributed by atoms with Crippen LogP contribution in [0.4, 0.5) is 0 Å². The Kier molecular flexibility index (Phi) is 9.48. The molecule has 0 amide bonds. The average molecular weight is 878 g/mol. The van der Waals surface area contributed by atoms with Crippen molar-refractivity contribution in [1.29, 1.82) is 0 Å². The Morgan fingerprint density at radius 3 is 1.62 bits per heavy atom. The molecule has 0 bridgehead atoms. The lowest BCUT2D eigenvalue weighted by molar-refractivity contribution is 0.489. The number of aryl methyl sites for hydroxylation is 3. The number of fused-ring (bicyclic) bond motifs is 7. The van der Waals surface area contributed by atoms with Crippen LogP contribution in [0.5, 0.6) is 11.5 Å². The molecule has 0 saturated carbocycles. The quantitative estimate of drug-likeness (QED) is 0.157. The van der Waals surface area contributed by atoms with Gasteiger partial charge in [-0.3, -0.25) is 0 Å². The minimum Gasteiger partial charge on any atom is -0.458 e. The Bertz CT molecular complexity index is 3670. The minimum absolute atomic E-state index is 0.0108. The van der Waals surface area contributed by atoms with Crippen LogP contribution < -0.4 is 21.1 Å². The Labute approximate surface area is 402 Å². The van der Waals surface area contributed by atoms with E-state index in [0.717, 1.165) is 22.6 Å². The van der Waals surface area contributed by atoms with Crippen LogP contribution >= 0.6 is 0 Å². The third-order valence-corrected chi connectivity index (χ3v) is 14.8. The SMILES string of the molecule is Cc1cc(C)c(-c2cc3c4c(c2)-n2c5ccc(C(C)(C)C)cc5c5cc(C(C)(C)C)cc(c52)B4c2cc(-c4ccccc4-c4ccccc4)cc(-c4ccccc4-c4ccccc4)c2O3)c(C)c1. The summed E-state index contributed by atoms with van der Waals surface area (Å²) in [5.74, 6) is 1.83. The zero-order valence-corrected chi connectivity index (χ0v) is 40.7. The predicted octanol–water partition coefficient (Wildman–Crippen LogP) is 15.6. The van der Waals surface area contributed by atoms with Crippen molar-refractivity contribution in [1.82, 2.24) is 4.57 Å². The average Bonchev–Trinajstić information content (AvgIpc) is 3.66. The summed E-state index contributed by atoms with van der Waals surface area (Å²) in [7, 11) is 0. The molecule has 0 saturated heterocycles. The second-order valence-electron chi connectivity index (χ2n) is 21.5. The van der Waals surface area contributed by atoms with Gasteiger partial charge in [0.1, 0.15) is 11.5 Å². The molecule has 0 spiro atoms. The lowest BCUT2D eigenvalue weighted by atomic mass is 9.34. The molecule has 3 heterocycles. The van der Waals surface area contributed by atoms with Gasteiger partial charge < -0.3 is 9.30 Å². The summed E-state index contributed by atoms with van der Waals surface area (Å²) in [4.78, 5) is 0. The molecule has 0 atom stereocenters. The van der Waals surface area contributed by atoms with E-state index in [4.69, 9.17) is 4.74 Å². The Hall–Kier alpha value is -7.36. The third kappa shape index (κ3) is 6.61. The van der Waals surface area contributed by atoms with Crippen LogP contribution in [0.2, 0.25) is 0 Å². The number of ether oxygens (including phenoxy) is 1. The first-order valence-corrected chi connectivity index (χ1v) is 24.3. The molecule has 2 aliphatic heterocycles. The molecule has 0 unspecified atom stereocenters. The van der Waals surface area contributed by atoms with Crippen molar-refractivity contribution >= 4 is 44.9 Å². The maximum absolute atomic E-state index is 7.72. The lowest BCUT2D eigenvalue weighted by Crippen LogP contribution is -2.58. The number of rotatable bonds is 5. The maximum atomic E-state index is 7.72. The summed E-state index contributed by atoms with van der Waals surface area (Å²) in [6.07, 6.45) is 0. The molecule has 68 heavy (non-hydrogen) atoms. The number of hydrogen-bond donors (Lipinski definition) is 0. The fourth-order valence-corrected chi connectivity index (χ4v) is 11.6. The second-order valence-corrected chi connectivity index (χ2v) is 21.5. The van der Waals surface area contributed by atoms with Gasteiger partial charge in [-0.2, -0.15) is 0 Å². The Morgan fingerprint density at radius 1 is 0.441 bits per heavy atom. The van der Waals surface area contributed by atoms with Gasteiger partial charge in [-0.05, 0) is 157 Å². The highest BCUT2D eigenvalue weighted by atomic mass is 16.5. The highest BCUT2D eigenvalue weighted by molar-refractivity contribution is 6.99. The van der Waals surface area contributed by atoms with Gasteiger partial charge in [-0.25, -0.2) is 0 Å². The minimum atomic E-state index is -0.117. The van der Waals surface area contributed by atoms with Crippen molar-refractivity contribution < 1.29 is 4.74 Å². The number of hydrogen-bond acceptors (Lipinski definition) is 1. The van der Waals surface area contributed by atoms with Crippen molar-refractivity contribution in [2.24, 2.45) is 0 Å². The highest BCUT2D eigenvalue weighted by Gasteiger charge is 2.43. The van der Waals surface area contributed by atoms with Gasteiger partial charge in [0.15, 0.2) is 0 Å². The molecule has 12 rings (SSSR count). The van der Waals surface area contributed by atoms with E-state index in [1.807, 2.05) is 0 Å². The number of benzene rings is 9. The Balaban J connectivity index is 1.25. The van der Waals surface area contributed by atoms with E-state index in [-0.39, 0.29) is 17.5 Å². The molecule has 0 radical (unpaired) electrons. The van der Waals surface area contributed by atoms with E-state index >= 15 is 0 Å². The van der Waals surface area contributed by atoms with E-state index in [2.05, 4.69) is 243 Å². The van der Waals surface area contributed by atoms with E-state index in [1.165, 1.54) is 116 Å². The molecule has 0 fully saturated rings. The molecular weight excluding hydrogens is 822 g/mol. The molecule has 0 N–H and O–H groups in total. The largest absolute Gasteiger partial charge is 0.458 e. The van der Waals surface area contributed by atoms with Crippen LogP contribution in [0.3, 0.4) is 0 Å². The van der Waals surface area contributed by atoms with E-state index in [9.17, 15) is 0 Å². The highest BCUT2D eigenvalue weighted by Crippen LogP contribution is 2.47. The lowest BCUT2D eigenvalue weighted by Gasteiger charge is -2.36. The summed E-state index contributed by atoms with van der Waals surface area (Å²) in [5, 5.41) is 2.60. The maximum Gasteiger partial charge on any atom is 0.256 e. The van der Waals surface area contributed by atoms with E-state index in [1.54, 1.807) is 0 Å². The van der Waals surface area contributed by atoms with Gasteiger partial charge >= 0.3 is 0 Å². The van der Waals surface area contributed by atoms with Gasteiger partial charge in [0, 0.05) is 27.5 Å². The smallest absolute Gasteiger partial charge is 0.256 e. The topological polar surface area (TPSA) is 14.2 Å². The van der Waals surface area contributed by atoms with Crippen molar-refractivity contribution in [2.45, 2.75) is 73.1 Å². The first-order valence-electron chi connectivity index (χ1n) is 24.3. The number of nitrogens with zero attached hydrogens (tertiary/aromatic N) is 1. The molecule has 2 nitrogen and oxygen atoms in total. The van der Waals surface area contributed by atoms with Gasteiger partial charge in [-0.15, -0.1) is 0 Å². The van der Waals surface area contributed by atoms with Crippen LogP contribution in [-0.4, -0.2) is 11.3 Å². The van der Waals surface area contributed by atoms with Crippen LogP contribution in [0.1, 0.15) is 69.4 Å². The third-order valence-electron chi connectivity index (χ3n) is 14.8. The van der Waals surface area contributed by atoms with E-state index < -0.39 is 0 Å². The van der Waals surface area contributed by atoms with Crippen LogP contribution in [-0.2, 0) is 10.8 Å². The van der Waals surface area contributed by atoms with Crippen molar-refractivity contribution in [3.63, 3.8) is 0 Å². The molecule has 330 valence electrons. The molecular formula is C65H56BNO. The van der Waals surface area contributed by atoms with Crippen LogP contribution in [0.15, 0.2) is 176 Å².